The molecule has 0 heterocycles. The lowest BCUT2D eigenvalue weighted by Crippen LogP contribution is -2.23. The maximum atomic E-state index is 12.0. The molecule has 0 radical (unpaired) electrons. The predicted molar refractivity (Wildman–Crippen MR) is 70.4 cm³/mol. The fourth-order valence-electron chi connectivity index (χ4n) is 2.08. The molecule has 1 aliphatic carbocycles. The van der Waals surface area contributed by atoms with Crippen molar-refractivity contribution in [3.8, 4) is 0 Å². The highest BCUT2D eigenvalue weighted by atomic mass is 35.5. The maximum absolute atomic E-state index is 12.0. The number of carbonyl (C=O) groups is 1. The Hall–Kier alpha value is -0.770. The number of hydrogen-bond acceptors (Lipinski definition) is 2. The zero-order valence-corrected chi connectivity index (χ0v) is 10.8. The summed E-state index contributed by atoms with van der Waals surface area (Å²) in [5.74, 6) is -0.0397. The largest absolute Gasteiger partial charge is 0.328 e. The van der Waals surface area contributed by atoms with Crippen LogP contribution in [0.1, 0.15) is 19.3 Å². The number of benzene rings is 1. The quantitative estimate of drug-likeness (QED) is 0.870. The molecule has 17 heavy (non-hydrogen) atoms. The zero-order chi connectivity index (χ0) is 12.4. The molecule has 0 spiro atoms. The molecule has 3 nitrogen and oxygen atoms in total. The highest BCUT2D eigenvalue weighted by molar-refractivity contribution is 6.35. The number of anilines is 1. The van der Waals surface area contributed by atoms with Crippen LogP contribution in [0.15, 0.2) is 18.2 Å². The Morgan fingerprint density at radius 3 is 2.76 bits per heavy atom. The molecule has 1 aromatic carbocycles. The van der Waals surface area contributed by atoms with Crippen LogP contribution >= 0.6 is 23.2 Å². The van der Waals surface area contributed by atoms with Gasteiger partial charge in [-0.3, -0.25) is 4.79 Å². The van der Waals surface area contributed by atoms with Crippen LogP contribution in [-0.2, 0) is 4.79 Å². The minimum Gasteiger partial charge on any atom is -0.328 e. The van der Waals surface area contributed by atoms with Gasteiger partial charge in [-0.05, 0) is 37.5 Å². The zero-order valence-electron chi connectivity index (χ0n) is 9.25. The normalized spacial score (nSPS) is 23.7. The molecule has 2 atom stereocenters. The Kier molecular flexibility index (Phi) is 3.92. The van der Waals surface area contributed by atoms with Crippen LogP contribution in [0.2, 0.25) is 10.0 Å². The monoisotopic (exact) mass is 272 g/mol. The van der Waals surface area contributed by atoms with E-state index in [4.69, 9.17) is 28.9 Å². The van der Waals surface area contributed by atoms with Crippen LogP contribution in [0.4, 0.5) is 5.69 Å². The van der Waals surface area contributed by atoms with Crippen molar-refractivity contribution < 1.29 is 4.79 Å². The summed E-state index contributed by atoms with van der Waals surface area (Å²) < 4.78 is 0. The number of halogens is 2. The summed E-state index contributed by atoms with van der Waals surface area (Å²) in [5.41, 5.74) is 6.34. The number of amides is 1. The van der Waals surface area contributed by atoms with E-state index < -0.39 is 0 Å². The molecule has 0 bridgehead atoms. The van der Waals surface area contributed by atoms with E-state index in [9.17, 15) is 4.79 Å². The summed E-state index contributed by atoms with van der Waals surface area (Å²) in [4.78, 5) is 12.0. The molecule has 3 N–H and O–H groups in total. The van der Waals surface area contributed by atoms with Gasteiger partial charge < -0.3 is 11.1 Å². The summed E-state index contributed by atoms with van der Waals surface area (Å²) in [6.07, 6.45) is 2.48. The maximum Gasteiger partial charge on any atom is 0.227 e. The molecule has 1 fully saturated rings. The minimum absolute atomic E-state index is 0.0138. The van der Waals surface area contributed by atoms with Gasteiger partial charge in [-0.2, -0.15) is 0 Å². The number of nitrogens with one attached hydrogen (secondary N) is 1. The highest BCUT2D eigenvalue weighted by Crippen LogP contribution is 2.29. The SMILES string of the molecule is NC1CCC(C(=O)Nc2cc(Cl)ccc2Cl)C1. The Balaban J connectivity index is 2.05. The molecule has 1 saturated carbocycles. The van der Waals surface area contributed by atoms with Crippen molar-refractivity contribution in [2.45, 2.75) is 25.3 Å². The number of nitrogens with two attached hydrogens (primary N) is 1. The summed E-state index contributed by atoms with van der Waals surface area (Å²) in [7, 11) is 0. The molecule has 2 unspecified atom stereocenters. The van der Waals surface area contributed by atoms with E-state index in [-0.39, 0.29) is 17.9 Å². The second-order valence-corrected chi connectivity index (χ2v) is 5.23. The van der Waals surface area contributed by atoms with Crippen molar-refractivity contribution >= 4 is 34.8 Å². The van der Waals surface area contributed by atoms with Crippen LogP contribution in [0.25, 0.3) is 0 Å². The average molecular weight is 273 g/mol. The van der Waals surface area contributed by atoms with Crippen LogP contribution in [-0.4, -0.2) is 11.9 Å². The summed E-state index contributed by atoms with van der Waals surface area (Å²) in [6, 6.07) is 5.14. The van der Waals surface area contributed by atoms with Crippen molar-refractivity contribution in [3.05, 3.63) is 28.2 Å². The van der Waals surface area contributed by atoms with Crippen LogP contribution in [0.3, 0.4) is 0 Å². The lowest BCUT2D eigenvalue weighted by Gasteiger charge is -2.12. The second-order valence-electron chi connectivity index (χ2n) is 4.38. The Morgan fingerprint density at radius 1 is 1.35 bits per heavy atom. The van der Waals surface area contributed by atoms with Gasteiger partial charge in [-0.1, -0.05) is 23.2 Å². The van der Waals surface area contributed by atoms with Crippen molar-refractivity contribution in [1.29, 1.82) is 0 Å². The lowest BCUT2D eigenvalue weighted by molar-refractivity contribution is -0.119. The molecule has 0 aromatic heterocycles. The summed E-state index contributed by atoms with van der Waals surface area (Å²) in [6.45, 7) is 0. The van der Waals surface area contributed by atoms with Crippen LogP contribution in [0, 0.1) is 5.92 Å². The van der Waals surface area contributed by atoms with Gasteiger partial charge in [0, 0.05) is 17.0 Å². The minimum atomic E-state index is -0.0258. The Morgan fingerprint density at radius 2 is 2.12 bits per heavy atom. The third-order valence-corrected chi connectivity index (χ3v) is 3.59. The van der Waals surface area contributed by atoms with Gasteiger partial charge in [-0.25, -0.2) is 0 Å². The standard InChI is InChI=1S/C12H14Cl2N2O/c13-8-2-4-10(14)11(6-8)16-12(17)7-1-3-9(15)5-7/h2,4,6-7,9H,1,3,5,15H2,(H,16,17). The van der Waals surface area contributed by atoms with Gasteiger partial charge in [0.25, 0.3) is 0 Å². The molecular formula is C12H14Cl2N2O. The Bertz CT molecular complexity index is 437. The first-order chi connectivity index (χ1) is 8.06. The first kappa shape index (κ1) is 12.7. The van der Waals surface area contributed by atoms with Crippen molar-refractivity contribution in [2.24, 2.45) is 11.7 Å². The first-order valence-corrected chi connectivity index (χ1v) is 6.33. The first-order valence-electron chi connectivity index (χ1n) is 5.58. The van der Waals surface area contributed by atoms with Gasteiger partial charge in [0.2, 0.25) is 5.91 Å². The highest BCUT2D eigenvalue weighted by Gasteiger charge is 2.27. The summed E-state index contributed by atoms with van der Waals surface area (Å²) in [5, 5.41) is 3.84. The molecule has 1 amide bonds. The van der Waals surface area contributed by atoms with Crippen molar-refractivity contribution in [2.75, 3.05) is 5.32 Å². The fourth-order valence-corrected chi connectivity index (χ4v) is 2.42. The topological polar surface area (TPSA) is 55.1 Å². The number of carbonyl (C=O) groups excluding carboxylic acids is 1. The van der Waals surface area contributed by atoms with E-state index in [1.54, 1.807) is 18.2 Å². The molecule has 1 aliphatic rings. The second kappa shape index (κ2) is 5.25. The molecule has 2 rings (SSSR count). The van der Waals surface area contributed by atoms with E-state index in [1.807, 2.05) is 0 Å². The van der Waals surface area contributed by atoms with Gasteiger partial charge in [0.15, 0.2) is 0 Å². The smallest absolute Gasteiger partial charge is 0.227 e. The van der Waals surface area contributed by atoms with E-state index in [1.165, 1.54) is 0 Å². The molecule has 92 valence electrons. The molecule has 0 aliphatic heterocycles. The van der Waals surface area contributed by atoms with Crippen LogP contribution in [0.5, 0.6) is 0 Å². The molecule has 0 saturated heterocycles. The van der Waals surface area contributed by atoms with Gasteiger partial charge in [0.1, 0.15) is 0 Å². The molecule has 1 aromatic rings. The van der Waals surface area contributed by atoms with Crippen molar-refractivity contribution in [1.82, 2.24) is 0 Å². The molecule has 5 heteroatoms. The summed E-state index contributed by atoms with van der Waals surface area (Å²) >= 11 is 11.8. The number of hydrogen-bond donors (Lipinski definition) is 2. The van der Waals surface area contributed by atoms with Gasteiger partial charge >= 0.3 is 0 Å². The van der Waals surface area contributed by atoms with E-state index in [0.29, 0.717) is 15.7 Å². The average Bonchev–Trinajstić information content (AvgIpc) is 2.70. The predicted octanol–water partition coefficient (Wildman–Crippen LogP) is 3.06. The van der Waals surface area contributed by atoms with Gasteiger partial charge in [-0.15, -0.1) is 0 Å². The van der Waals surface area contributed by atoms with Crippen LogP contribution < -0.4 is 11.1 Å². The van der Waals surface area contributed by atoms with E-state index in [2.05, 4.69) is 5.32 Å². The van der Waals surface area contributed by atoms with Gasteiger partial charge in [0.05, 0.1) is 10.7 Å². The van der Waals surface area contributed by atoms with Crippen molar-refractivity contribution in [3.63, 3.8) is 0 Å². The Labute approximate surface area is 110 Å². The molecular weight excluding hydrogens is 259 g/mol. The third-order valence-electron chi connectivity index (χ3n) is 3.03. The fraction of sp³-hybridized carbons (Fsp3) is 0.417. The van der Waals surface area contributed by atoms with E-state index >= 15 is 0 Å². The lowest BCUT2D eigenvalue weighted by atomic mass is 10.1. The number of rotatable bonds is 2. The third kappa shape index (κ3) is 3.12. The van der Waals surface area contributed by atoms with E-state index in [0.717, 1.165) is 19.3 Å².